The molecule has 8 heteroatoms. The maximum atomic E-state index is 13.0. The van der Waals surface area contributed by atoms with Crippen molar-refractivity contribution >= 4 is 11.9 Å². The van der Waals surface area contributed by atoms with Crippen LogP contribution in [-0.2, 0) is 0 Å². The topological polar surface area (TPSA) is 81.4 Å². The lowest BCUT2D eigenvalue weighted by molar-refractivity contribution is 0.627. The molecule has 4 aromatic rings. The third-order valence-electron chi connectivity index (χ3n) is 4.90. The molecule has 31 heavy (non-hydrogen) atoms. The van der Waals surface area contributed by atoms with Gasteiger partial charge in [0.15, 0.2) is 0 Å². The number of rotatable bonds is 10. The Bertz CT molecular complexity index is 998. The van der Waals surface area contributed by atoms with Crippen molar-refractivity contribution in [2.75, 3.05) is 23.7 Å². The van der Waals surface area contributed by atoms with E-state index in [-0.39, 0.29) is 11.6 Å². The minimum atomic E-state index is -0.253. The van der Waals surface area contributed by atoms with Gasteiger partial charge in [0.1, 0.15) is 11.6 Å². The Morgan fingerprint density at radius 2 is 1.03 bits per heavy atom. The van der Waals surface area contributed by atoms with Crippen LogP contribution in [-0.4, -0.2) is 33.0 Å². The third kappa shape index (κ3) is 5.69. The smallest absolute Gasteiger partial charge is 0.200 e. The molecule has 160 valence electrons. The first-order chi connectivity index (χ1) is 15.2. The standard InChI is InChI=1S/C23H24F2N6/c24-18-8-4-16(5-9-18)20-14-28-22(30-20)26-12-2-1-3-13-27-23-29-15-21(31-23)17-6-10-19(25)11-7-17/h4-11,14-15H,1-3,12-13H2,(H2,26,28,30)(H2,27,29,31). The summed E-state index contributed by atoms with van der Waals surface area (Å²) in [5, 5.41) is 6.55. The van der Waals surface area contributed by atoms with Crippen molar-refractivity contribution < 1.29 is 8.78 Å². The van der Waals surface area contributed by atoms with Gasteiger partial charge in [-0.05, 0) is 78.9 Å². The largest absolute Gasteiger partial charge is 0.356 e. The van der Waals surface area contributed by atoms with Gasteiger partial charge >= 0.3 is 0 Å². The van der Waals surface area contributed by atoms with E-state index < -0.39 is 0 Å². The number of hydrogen-bond acceptors (Lipinski definition) is 4. The first kappa shape index (κ1) is 20.6. The van der Waals surface area contributed by atoms with Crippen LogP contribution in [0.3, 0.4) is 0 Å². The highest BCUT2D eigenvalue weighted by Gasteiger charge is 2.04. The minimum Gasteiger partial charge on any atom is -0.356 e. The van der Waals surface area contributed by atoms with Gasteiger partial charge in [-0.25, -0.2) is 18.7 Å². The molecule has 0 unspecified atom stereocenters. The lowest BCUT2D eigenvalue weighted by atomic mass is 10.2. The van der Waals surface area contributed by atoms with E-state index in [1.807, 2.05) is 0 Å². The van der Waals surface area contributed by atoms with Crippen molar-refractivity contribution in [3.8, 4) is 22.5 Å². The van der Waals surface area contributed by atoms with E-state index in [4.69, 9.17) is 0 Å². The number of hydrogen-bond donors (Lipinski definition) is 4. The quantitative estimate of drug-likeness (QED) is 0.257. The Kier molecular flexibility index (Phi) is 6.56. The summed E-state index contributed by atoms with van der Waals surface area (Å²) in [6.45, 7) is 1.62. The number of aromatic amines is 2. The van der Waals surface area contributed by atoms with Crippen molar-refractivity contribution in [3.05, 3.63) is 72.6 Å². The fraction of sp³-hybridized carbons (Fsp3) is 0.217. The van der Waals surface area contributed by atoms with Gasteiger partial charge in [0, 0.05) is 13.1 Å². The number of halogens is 2. The lowest BCUT2D eigenvalue weighted by Crippen LogP contribution is -2.06. The fourth-order valence-electron chi connectivity index (χ4n) is 3.21. The number of nitrogens with one attached hydrogen (secondary N) is 4. The molecule has 0 fully saturated rings. The van der Waals surface area contributed by atoms with Crippen molar-refractivity contribution in [1.29, 1.82) is 0 Å². The van der Waals surface area contributed by atoms with Crippen molar-refractivity contribution in [3.63, 3.8) is 0 Å². The second-order valence-electron chi connectivity index (χ2n) is 7.22. The van der Waals surface area contributed by atoms with Crippen LogP contribution >= 0.6 is 0 Å². The molecule has 0 aliphatic heterocycles. The van der Waals surface area contributed by atoms with Gasteiger partial charge in [-0.1, -0.05) is 0 Å². The maximum Gasteiger partial charge on any atom is 0.200 e. The number of unbranched alkanes of at least 4 members (excludes halogenated alkanes) is 2. The Labute approximate surface area is 179 Å². The summed E-state index contributed by atoms with van der Waals surface area (Å²) in [4.78, 5) is 15.0. The molecular weight excluding hydrogens is 398 g/mol. The fourth-order valence-corrected chi connectivity index (χ4v) is 3.21. The second kappa shape index (κ2) is 9.88. The molecule has 0 aliphatic rings. The highest BCUT2D eigenvalue weighted by Crippen LogP contribution is 2.20. The predicted octanol–water partition coefficient (Wildman–Crippen LogP) is 5.44. The average Bonchev–Trinajstić information content (AvgIpc) is 3.44. The van der Waals surface area contributed by atoms with Crippen LogP contribution in [0.5, 0.6) is 0 Å². The Morgan fingerprint density at radius 3 is 1.45 bits per heavy atom. The first-order valence-electron chi connectivity index (χ1n) is 10.3. The molecule has 2 aromatic carbocycles. The Balaban J connectivity index is 1.12. The zero-order chi connectivity index (χ0) is 21.5. The van der Waals surface area contributed by atoms with Crippen molar-refractivity contribution in [2.45, 2.75) is 19.3 Å². The van der Waals surface area contributed by atoms with E-state index in [1.165, 1.54) is 24.3 Å². The molecule has 4 rings (SSSR count). The normalized spacial score (nSPS) is 10.9. The molecule has 2 heterocycles. The van der Waals surface area contributed by atoms with Crippen LogP contribution in [0, 0.1) is 11.6 Å². The van der Waals surface area contributed by atoms with Gasteiger partial charge in [-0.3, -0.25) is 0 Å². The molecule has 0 spiro atoms. The third-order valence-corrected chi connectivity index (χ3v) is 4.90. The minimum absolute atomic E-state index is 0.253. The number of imidazole rings is 2. The van der Waals surface area contributed by atoms with E-state index in [1.54, 1.807) is 36.7 Å². The molecule has 4 N–H and O–H groups in total. The number of H-pyrrole nitrogens is 2. The van der Waals surface area contributed by atoms with Crippen LogP contribution in [0.4, 0.5) is 20.7 Å². The summed E-state index contributed by atoms with van der Waals surface area (Å²) in [6, 6.07) is 12.6. The van der Waals surface area contributed by atoms with Crippen LogP contribution in [0.25, 0.3) is 22.5 Å². The molecule has 0 aliphatic carbocycles. The SMILES string of the molecule is Fc1ccc(-c2cnc(NCCCCCNc3ncc(-c4ccc(F)cc4)[nH]3)[nH]2)cc1. The van der Waals surface area contributed by atoms with Crippen molar-refractivity contribution in [1.82, 2.24) is 19.9 Å². The molecule has 0 bridgehead atoms. The highest BCUT2D eigenvalue weighted by atomic mass is 19.1. The molecule has 0 saturated heterocycles. The van der Waals surface area contributed by atoms with E-state index in [0.29, 0.717) is 11.9 Å². The van der Waals surface area contributed by atoms with Crippen LogP contribution < -0.4 is 10.6 Å². The number of anilines is 2. The van der Waals surface area contributed by atoms with Crippen LogP contribution in [0.1, 0.15) is 19.3 Å². The monoisotopic (exact) mass is 422 g/mol. The molecule has 0 amide bonds. The molecule has 0 saturated carbocycles. The summed E-state index contributed by atoms with van der Waals surface area (Å²) in [5.41, 5.74) is 3.50. The second-order valence-corrected chi connectivity index (χ2v) is 7.22. The Hall–Kier alpha value is -3.68. The highest BCUT2D eigenvalue weighted by molar-refractivity contribution is 5.61. The molecule has 6 nitrogen and oxygen atoms in total. The van der Waals surface area contributed by atoms with Gasteiger partial charge in [-0.2, -0.15) is 0 Å². The first-order valence-corrected chi connectivity index (χ1v) is 10.3. The van der Waals surface area contributed by atoms with Gasteiger partial charge in [0.05, 0.1) is 23.8 Å². The zero-order valence-corrected chi connectivity index (χ0v) is 17.0. The summed E-state index contributed by atoms with van der Waals surface area (Å²) < 4.78 is 26.0. The molecule has 2 aromatic heterocycles. The predicted molar refractivity (Wildman–Crippen MR) is 119 cm³/mol. The van der Waals surface area contributed by atoms with E-state index in [9.17, 15) is 8.78 Å². The van der Waals surface area contributed by atoms with Crippen LogP contribution in [0.2, 0.25) is 0 Å². The zero-order valence-electron chi connectivity index (χ0n) is 17.0. The summed E-state index contributed by atoms with van der Waals surface area (Å²) >= 11 is 0. The summed E-state index contributed by atoms with van der Waals surface area (Å²) in [5.74, 6) is 0.913. The van der Waals surface area contributed by atoms with E-state index in [0.717, 1.165) is 54.9 Å². The van der Waals surface area contributed by atoms with Gasteiger partial charge in [0.25, 0.3) is 0 Å². The number of nitrogens with zero attached hydrogens (tertiary/aromatic N) is 2. The van der Waals surface area contributed by atoms with Gasteiger partial charge in [0.2, 0.25) is 11.9 Å². The summed E-state index contributed by atoms with van der Waals surface area (Å²) in [7, 11) is 0. The Morgan fingerprint density at radius 1 is 0.613 bits per heavy atom. The van der Waals surface area contributed by atoms with Gasteiger partial charge < -0.3 is 20.6 Å². The number of aromatic nitrogens is 4. The van der Waals surface area contributed by atoms with E-state index in [2.05, 4.69) is 30.6 Å². The number of benzene rings is 2. The summed E-state index contributed by atoms with van der Waals surface area (Å²) in [6.07, 6.45) is 6.55. The van der Waals surface area contributed by atoms with E-state index >= 15 is 0 Å². The average molecular weight is 422 g/mol. The van der Waals surface area contributed by atoms with Crippen LogP contribution in [0.15, 0.2) is 60.9 Å². The molecule has 0 radical (unpaired) electrons. The maximum absolute atomic E-state index is 13.0. The lowest BCUT2D eigenvalue weighted by Gasteiger charge is -2.05. The van der Waals surface area contributed by atoms with Gasteiger partial charge in [-0.15, -0.1) is 0 Å². The van der Waals surface area contributed by atoms with Crippen molar-refractivity contribution in [2.24, 2.45) is 0 Å². The molecule has 0 atom stereocenters. The molecular formula is C23H24F2N6.